The molecule has 2 fully saturated rings. The van der Waals surface area contributed by atoms with Crippen molar-refractivity contribution in [1.29, 1.82) is 0 Å². The molecule has 2 heterocycles. The van der Waals surface area contributed by atoms with Gasteiger partial charge in [0.15, 0.2) is 0 Å². The lowest BCUT2D eigenvalue weighted by molar-refractivity contribution is 0.0720. The van der Waals surface area contributed by atoms with Crippen LogP contribution in [0.25, 0.3) is 0 Å². The van der Waals surface area contributed by atoms with Crippen molar-refractivity contribution < 1.29 is 4.79 Å². The van der Waals surface area contributed by atoms with E-state index in [1.807, 2.05) is 38.0 Å². The lowest BCUT2D eigenvalue weighted by Crippen LogP contribution is -2.42. The Kier molecular flexibility index (Phi) is 4.11. The molecule has 1 aromatic heterocycles. The summed E-state index contributed by atoms with van der Waals surface area (Å²) in [4.78, 5) is 27.2. The molecule has 1 aliphatic heterocycles. The fourth-order valence-corrected chi connectivity index (χ4v) is 4.04. The van der Waals surface area contributed by atoms with E-state index < -0.39 is 0 Å². The Morgan fingerprint density at radius 1 is 1.29 bits per heavy atom. The van der Waals surface area contributed by atoms with E-state index in [-0.39, 0.29) is 17.5 Å². The summed E-state index contributed by atoms with van der Waals surface area (Å²) in [6.07, 6.45) is 5.98. The highest BCUT2D eigenvalue weighted by molar-refractivity contribution is 7.99. The van der Waals surface area contributed by atoms with Crippen LogP contribution in [-0.4, -0.2) is 40.0 Å². The number of hydrogen-bond donors (Lipinski definition) is 0. The third kappa shape index (κ3) is 2.89. The van der Waals surface area contributed by atoms with Gasteiger partial charge in [0.1, 0.15) is 5.56 Å². The summed E-state index contributed by atoms with van der Waals surface area (Å²) in [5.41, 5.74) is 1.04. The molecule has 4 nitrogen and oxygen atoms in total. The standard InChI is InChI=1S/C16H22N2O2S/c1-11-5-8-18(13-3-4-13)16(20)14(11)15(19)17(2)12-6-9-21-10-7-12/h5,8,12-13H,3-4,6-7,9-10H2,1-2H3. The van der Waals surface area contributed by atoms with Crippen LogP contribution in [0.4, 0.5) is 0 Å². The molecule has 0 bridgehead atoms. The maximum atomic E-state index is 12.8. The highest BCUT2D eigenvalue weighted by Gasteiger charge is 2.30. The Morgan fingerprint density at radius 2 is 1.95 bits per heavy atom. The van der Waals surface area contributed by atoms with E-state index in [0.717, 1.165) is 42.8 Å². The molecule has 0 spiro atoms. The van der Waals surface area contributed by atoms with Gasteiger partial charge in [0.05, 0.1) is 0 Å². The van der Waals surface area contributed by atoms with Crippen LogP contribution in [-0.2, 0) is 0 Å². The smallest absolute Gasteiger partial charge is 0.263 e. The van der Waals surface area contributed by atoms with Crippen molar-refractivity contribution >= 4 is 17.7 Å². The van der Waals surface area contributed by atoms with Gasteiger partial charge in [-0.2, -0.15) is 11.8 Å². The molecular formula is C16H22N2O2S. The first-order valence-electron chi connectivity index (χ1n) is 7.66. The predicted octanol–water partition coefficient (Wildman–Crippen LogP) is 2.46. The first kappa shape index (κ1) is 14.7. The molecule has 1 aromatic rings. The zero-order valence-electron chi connectivity index (χ0n) is 12.7. The quantitative estimate of drug-likeness (QED) is 0.861. The van der Waals surface area contributed by atoms with Gasteiger partial charge in [-0.05, 0) is 55.7 Å². The normalized spacial score (nSPS) is 19.5. The first-order valence-corrected chi connectivity index (χ1v) is 8.81. The molecule has 2 aliphatic rings. The summed E-state index contributed by atoms with van der Waals surface area (Å²) >= 11 is 1.94. The topological polar surface area (TPSA) is 42.3 Å². The van der Waals surface area contributed by atoms with Gasteiger partial charge in [0, 0.05) is 25.3 Å². The van der Waals surface area contributed by atoms with Gasteiger partial charge in [-0.25, -0.2) is 0 Å². The zero-order valence-corrected chi connectivity index (χ0v) is 13.5. The number of hydrogen-bond acceptors (Lipinski definition) is 3. The number of amides is 1. The van der Waals surface area contributed by atoms with Crippen LogP contribution >= 0.6 is 11.8 Å². The van der Waals surface area contributed by atoms with Gasteiger partial charge >= 0.3 is 0 Å². The van der Waals surface area contributed by atoms with Gasteiger partial charge in [-0.15, -0.1) is 0 Å². The third-order valence-electron chi connectivity index (χ3n) is 4.54. The number of rotatable bonds is 3. The lowest BCUT2D eigenvalue weighted by Gasteiger charge is -2.31. The van der Waals surface area contributed by atoms with Crippen molar-refractivity contribution in [2.45, 2.75) is 44.7 Å². The van der Waals surface area contributed by atoms with Gasteiger partial charge in [0.2, 0.25) is 0 Å². The van der Waals surface area contributed by atoms with E-state index in [4.69, 9.17) is 0 Å². The number of carbonyl (C=O) groups excluding carboxylic acids is 1. The maximum absolute atomic E-state index is 12.8. The molecule has 1 amide bonds. The Balaban J connectivity index is 1.89. The molecule has 0 unspecified atom stereocenters. The summed E-state index contributed by atoms with van der Waals surface area (Å²) in [7, 11) is 1.84. The lowest BCUT2D eigenvalue weighted by atomic mass is 10.1. The van der Waals surface area contributed by atoms with Crippen LogP contribution in [0.3, 0.4) is 0 Å². The second-order valence-electron chi connectivity index (χ2n) is 6.08. The van der Waals surface area contributed by atoms with E-state index in [0.29, 0.717) is 11.6 Å². The second-order valence-corrected chi connectivity index (χ2v) is 7.30. The van der Waals surface area contributed by atoms with Crippen LogP contribution in [0.1, 0.15) is 47.6 Å². The number of aryl methyl sites for hydroxylation is 1. The summed E-state index contributed by atoms with van der Waals surface area (Å²) in [5, 5.41) is 0. The molecule has 0 radical (unpaired) electrons. The van der Waals surface area contributed by atoms with Gasteiger partial charge in [-0.3, -0.25) is 9.59 Å². The number of aromatic nitrogens is 1. The van der Waals surface area contributed by atoms with Crippen molar-refractivity contribution in [3.8, 4) is 0 Å². The van der Waals surface area contributed by atoms with E-state index in [2.05, 4.69) is 0 Å². The molecule has 1 saturated carbocycles. The van der Waals surface area contributed by atoms with Crippen molar-refractivity contribution in [3.63, 3.8) is 0 Å². The van der Waals surface area contributed by atoms with E-state index in [9.17, 15) is 9.59 Å². The summed E-state index contributed by atoms with van der Waals surface area (Å²) in [6, 6.07) is 2.48. The minimum atomic E-state index is -0.112. The fourth-order valence-electron chi connectivity index (χ4n) is 2.96. The Labute approximate surface area is 129 Å². The molecule has 0 aromatic carbocycles. The van der Waals surface area contributed by atoms with Gasteiger partial charge in [-0.1, -0.05) is 0 Å². The molecule has 3 rings (SSSR count). The SMILES string of the molecule is Cc1ccn(C2CC2)c(=O)c1C(=O)N(C)C1CCSCC1. The molecule has 1 aliphatic carbocycles. The van der Waals surface area contributed by atoms with Crippen molar-refractivity contribution in [3.05, 3.63) is 33.7 Å². The van der Waals surface area contributed by atoms with Crippen molar-refractivity contribution in [2.24, 2.45) is 0 Å². The monoisotopic (exact) mass is 306 g/mol. The maximum Gasteiger partial charge on any atom is 0.263 e. The number of carbonyl (C=O) groups is 1. The van der Waals surface area contributed by atoms with E-state index >= 15 is 0 Å². The van der Waals surface area contributed by atoms with Gasteiger partial charge < -0.3 is 9.47 Å². The highest BCUT2D eigenvalue weighted by Crippen LogP contribution is 2.33. The van der Waals surface area contributed by atoms with Crippen LogP contribution in [0.5, 0.6) is 0 Å². The Bertz CT molecular complexity index is 601. The van der Waals surface area contributed by atoms with Crippen LogP contribution in [0.15, 0.2) is 17.1 Å². The molecule has 21 heavy (non-hydrogen) atoms. The Hall–Kier alpha value is -1.23. The predicted molar refractivity (Wildman–Crippen MR) is 86.2 cm³/mol. The van der Waals surface area contributed by atoms with Crippen molar-refractivity contribution in [2.75, 3.05) is 18.6 Å². The number of pyridine rings is 1. The number of nitrogens with zero attached hydrogens (tertiary/aromatic N) is 2. The summed E-state index contributed by atoms with van der Waals surface area (Å²) < 4.78 is 1.74. The first-order chi connectivity index (χ1) is 10.1. The molecule has 1 saturated heterocycles. The largest absolute Gasteiger partial charge is 0.338 e. The number of thioether (sulfide) groups is 1. The summed E-state index contributed by atoms with van der Waals surface area (Å²) in [5.74, 6) is 2.09. The zero-order chi connectivity index (χ0) is 15.0. The highest BCUT2D eigenvalue weighted by atomic mass is 32.2. The average molecular weight is 306 g/mol. The van der Waals surface area contributed by atoms with Gasteiger partial charge in [0.25, 0.3) is 11.5 Å². The molecule has 0 N–H and O–H groups in total. The Morgan fingerprint density at radius 3 is 2.57 bits per heavy atom. The van der Waals surface area contributed by atoms with Crippen LogP contribution in [0, 0.1) is 6.92 Å². The van der Waals surface area contributed by atoms with Crippen molar-refractivity contribution in [1.82, 2.24) is 9.47 Å². The molecular weight excluding hydrogens is 284 g/mol. The fraction of sp³-hybridized carbons (Fsp3) is 0.625. The minimum Gasteiger partial charge on any atom is -0.338 e. The van der Waals surface area contributed by atoms with E-state index in [1.54, 1.807) is 9.47 Å². The minimum absolute atomic E-state index is 0.107. The van der Waals surface area contributed by atoms with Crippen LogP contribution in [0.2, 0.25) is 0 Å². The van der Waals surface area contributed by atoms with Crippen LogP contribution < -0.4 is 5.56 Å². The third-order valence-corrected chi connectivity index (χ3v) is 5.59. The molecule has 5 heteroatoms. The summed E-state index contributed by atoms with van der Waals surface area (Å²) in [6.45, 7) is 1.86. The van der Waals surface area contributed by atoms with E-state index in [1.165, 1.54) is 0 Å². The average Bonchev–Trinajstić information content (AvgIpc) is 3.32. The molecule has 114 valence electrons. The molecule has 0 atom stereocenters. The second kappa shape index (κ2) is 5.87.